The maximum absolute atomic E-state index is 8.49. The van der Waals surface area contributed by atoms with Crippen LogP contribution in [0.2, 0.25) is 0 Å². The van der Waals surface area contributed by atoms with Crippen LogP contribution in [0.4, 0.5) is 0 Å². The van der Waals surface area contributed by atoms with E-state index in [-0.39, 0.29) is 18.3 Å². The summed E-state index contributed by atoms with van der Waals surface area (Å²) in [5, 5.41) is 0. The molecule has 1 fully saturated rings. The van der Waals surface area contributed by atoms with Gasteiger partial charge in [0.2, 0.25) is 0 Å². The Bertz CT molecular complexity index is 619. The van der Waals surface area contributed by atoms with Crippen molar-refractivity contribution in [1.82, 2.24) is 0 Å². The van der Waals surface area contributed by atoms with Crippen LogP contribution < -0.4 is 18.6 Å². The smallest absolute Gasteiger partial charge is 0.169 e. The van der Waals surface area contributed by atoms with Gasteiger partial charge in [0.05, 0.1) is 25.0 Å². The predicted octanol–water partition coefficient (Wildman–Crippen LogP) is -1.32. The van der Waals surface area contributed by atoms with E-state index in [0.29, 0.717) is 17.5 Å². The highest BCUT2D eigenvalue weighted by Crippen LogP contribution is 2.33. The molecule has 3 rings (SSSR count). The summed E-state index contributed by atoms with van der Waals surface area (Å²) in [6, 6.07) is 21.0. The summed E-state index contributed by atoms with van der Waals surface area (Å²) in [6.45, 7) is 0.700. The normalized spacial score (nSPS) is 19.9. The third-order valence-electron chi connectivity index (χ3n) is 3.88. The van der Waals surface area contributed by atoms with Crippen LogP contribution in [0.25, 0.3) is 0 Å². The summed E-state index contributed by atoms with van der Waals surface area (Å²) in [7, 11) is -4.57. The molecule has 0 bridgehead atoms. The monoisotopic (exact) mass is 414 g/mol. The average Bonchev–Trinajstić information content (AvgIpc) is 3.03. The lowest BCUT2D eigenvalue weighted by molar-refractivity contribution is -2.00. The number of rotatable bonds is 5. The van der Waals surface area contributed by atoms with Gasteiger partial charge in [-0.3, -0.25) is 0 Å². The summed E-state index contributed by atoms with van der Waals surface area (Å²) < 4.78 is 46.2. The fourth-order valence-corrected chi connectivity index (χ4v) is 3.85. The summed E-state index contributed by atoms with van der Waals surface area (Å²) >= 11 is 0. The Kier molecular flexibility index (Phi) is 8.53. The second kappa shape index (κ2) is 10.4. The van der Waals surface area contributed by atoms with E-state index >= 15 is 0 Å². The minimum atomic E-state index is -4.94. The minimum absolute atomic E-state index is 0.128. The average molecular weight is 415 g/mol. The molecule has 0 unspecified atom stereocenters. The molecule has 0 aliphatic carbocycles. The highest BCUT2D eigenvalue weighted by molar-refractivity contribution is 7.95. The van der Waals surface area contributed by atoms with Gasteiger partial charge in [-0.15, -0.1) is 10.2 Å². The molecule has 1 heterocycles. The van der Waals surface area contributed by atoms with Crippen LogP contribution >= 0.6 is 0 Å². The van der Waals surface area contributed by atoms with Crippen LogP contribution in [0.3, 0.4) is 0 Å². The van der Waals surface area contributed by atoms with Crippen molar-refractivity contribution in [3.63, 3.8) is 0 Å². The van der Waals surface area contributed by atoms with Gasteiger partial charge < -0.3 is 9.47 Å². The number of halogens is 1. The van der Waals surface area contributed by atoms with Crippen molar-refractivity contribution in [1.29, 1.82) is 0 Å². The van der Waals surface area contributed by atoms with Crippen molar-refractivity contribution >= 4 is 10.9 Å². The molecular weight excluding hydrogens is 392 g/mol. The van der Waals surface area contributed by atoms with E-state index in [0.717, 1.165) is 5.75 Å². The summed E-state index contributed by atoms with van der Waals surface area (Å²) in [4.78, 5) is 0. The molecule has 2 atom stereocenters. The van der Waals surface area contributed by atoms with Gasteiger partial charge in [0.25, 0.3) is 0 Å². The Morgan fingerprint density at radius 2 is 1.37 bits per heavy atom. The zero-order valence-corrected chi connectivity index (χ0v) is 16.7. The lowest BCUT2D eigenvalue weighted by Gasteiger charge is -2.23. The molecule has 0 aromatic heterocycles. The Morgan fingerprint density at radius 3 is 1.78 bits per heavy atom. The van der Waals surface area contributed by atoms with E-state index in [4.69, 9.17) is 28.1 Å². The van der Waals surface area contributed by atoms with E-state index in [2.05, 4.69) is 61.0 Å². The Morgan fingerprint density at radius 1 is 0.926 bits per heavy atom. The molecule has 27 heavy (non-hydrogen) atoms. The Hall–Kier alpha value is -1.16. The molecule has 0 spiro atoms. The maximum Gasteiger partial charge on any atom is 0.169 e. The molecular formula is C19H23ClO6S. The zero-order valence-electron chi connectivity index (χ0n) is 15.2. The van der Waals surface area contributed by atoms with Gasteiger partial charge in [0.1, 0.15) is 11.9 Å². The van der Waals surface area contributed by atoms with Gasteiger partial charge in [-0.2, -0.15) is 0 Å². The molecule has 0 N–H and O–H groups in total. The second-order valence-electron chi connectivity index (χ2n) is 6.29. The van der Waals surface area contributed by atoms with E-state index < -0.39 is 10.2 Å². The molecule has 6 nitrogen and oxygen atoms in total. The highest BCUT2D eigenvalue weighted by atomic mass is 35.7. The van der Waals surface area contributed by atoms with E-state index in [1.54, 1.807) is 0 Å². The molecule has 0 amide bonds. The van der Waals surface area contributed by atoms with Crippen molar-refractivity contribution in [2.24, 2.45) is 0 Å². The van der Waals surface area contributed by atoms with Gasteiger partial charge >= 0.3 is 0 Å². The van der Waals surface area contributed by atoms with Crippen molar-refractivity contribution in [2.45, 2.75) is 18.3 Å². The summed E-state index contributed by atoms with van der Waals surface area (Å²) in [5.41, 5.74) is 2.48. The van der Waals surface area contributed by atoms with E-state index in [9.17, 15) is 0 Å². The van der Waals surface area contributed by atoms with Gasteiger partial charge in [0, 0.05) is 0 Å². The third kappa shape index (κ3) is 8.16. The van der Waals surface area contributed by atoms with Gasteiger partial charge in [0.15, 0.2) is 6.29 Å². The van der Waals surface area contributed by atoms with Crippen molar-refractivity contribution in [2.75, 3.05) is 24.9 Å². The van der Waals surface area contributed by atoms with E-state index in [1.165, 1.54) is 11.1 Å². The minimum Gasteiger partial charge on any atom is -0.349 e. The van der Waals surface area contributed by atoms with Crippen molar-refractivity contribution < 1.29 is 38.4 Å². The highest BCUT2D eigenvalue weighted by Gasteiger charge is 2.36. The fraction of sp³-hybridized carbons (Fsp3) is 0.368. The first-order valence-corrected chi connectivity index (χ1v) is 11.7. The first-order chi connectivity index (χ1) is 12.7. The van der Waals surface area contributed by atoms with Crippen LogP contribution in [-0.2, 0) is 20.4 Å². The maximum atomic E-state index is 8.49. The molecule has 2 aromatic carbocycles. The fourth-order valence-electron chi connectivity index (χ4n) is 2.93. The first kappa shape index (κ1) is 22.1. The van der Waals surface area contributed by atoms with Gasteiger partial charge in [-0.1, -0.05) is 60.7 Å². The zero-order chi connectivity index (χ0) is 19.9. The molecule has 148 valence electrons. The summed E-state index contributed by atoms with van der Waals surface area (Å²) in [6.07, 6.45) is 4.53. The SMILES string of the molecule is C[S+](C)C[C@@H]1CO[C@@H](C(c2ccccc2)c2ccccc2)O1.[O-][Cl+3]([O-])([O-])[O-]. The number of benzene rings is 2. The lowest BCUT2D eigenvalue weighted by atomic mass is 9.91. The van der Waals surface area contributed by atoms with Crippen LogP contribution in [0, 0.1) is 10.2 Å². The molecule has 1 saturated heterocycles. The quantitative estimate of drug-likeness (QED) is 0.561. The molecule has 0 radical (unpaired) electrons. The Labute approximate surface area is 164 Å². The van der Waals surface area contributed by atoms with Crippen LogP contribution in [0.15, 0.2) is 60.7 Å². The molecule has 2 aromatic rings. The largest absolute Gasteiger partial charge is 0.349 e. The Balaban J connectivity index is 0.000000465. The summed E-state index contributed by atoms with van der Waals surface area (Å²) in [5.74, 6) is 1.20. The van der Waals surface area contributed by atoms with Crippen molar-refractivity contribution in [3.8, 4) is 0 Å². The lowest BCUT2D eigenvalue weighted by Crippen LogP contribution is -2.68. The molecule has 1 aliphatic rings. The third-order valence-corrected chi connectivity index (χ3v) is 4.92. The number of ether oxygens (including phenoxy) is 2. The predicted molar refractivity (Wildman–Crippen MR) is 93.4 cm³/mol. The number of hydrogen-bond donors (Lipinski definition) is 0. The van der Waals surface area contributed by atoms with Gasteiger partial charge in [-0.25, -0.2) is 18.6 Å². The van der Waals surface area contributed by atoms with E-state index in [1.807, 2.05) is 12.1 Å². The molecule has 8 heteroatoms. The standard InChI is InChI=1S/C19H23O2S.ClHO4/c1-22(2)14-17-13-20-19(21-17)18(15-9-5-3-6-10-15)16-11-7-4-8-12-16;2-1(3,4)5/h3-12,17-19H,13-14H2,1-2H3;(H,2,3,4,5)/q+1;/p-1/t17-,19+;/m0./s1. The number of hydrogen-bond acceptors (Lipinski definition) is 6. The second-order valence-corrected chi connectivity index (χ2v) is 9.35. The van der Waals surface area contributed by atoms with Crippen molar-refractivity contribution in [3.05, 3.63) is 71.8 Å². The first-order valence-electron chi connectivity index (χ1n) is 8.27. The van der Waals surface area contributed by atoms with Crippen LogP contribution in [0.1, 0.15) is 17.0 Å². The molecule has 1 aliphatic heterocycles. The van der Waals surface area contributed by atoms with Crippen LogP contribution in [-0.4, -0.2) is 37.3 Å². The topological polar surface area (TPSA) is 111 Å². The molecule has 0 saturated carbocycles. The van der Waals surface area contributed by atoms with Crippen LogP contribution in [0.5, 0.6) is 0 Å². The van der Waals surface area contributed by atoms with Gasteiger partial charge in [-0.05, 0) is 22.0 Å².